The second-order valence-corrected chi connectivity index (χ2v) is 3.81. The number of carbonyl (C=O) groups is 1. The Morgan fingerprint density at radius 3 is 2.54 bits per heavy atom. The van der Waals surface area contributed by atoms with Crippen LogP contribution >= 0.6 is 0 Å². The molecule has 1 aliphatic carbocycles. The topological polar surface area (TPSA) is 72.5 Å². The summed E-state index contributed by atoms with van der Waals surface area (Å²) < 4.78 is 5.01. The Morgan fingerprint density at radius 2 is 2.00 bits per heavy atom. The number of nitrogens with two attached hydrogens (primary N) is 1. The fourth-order valence-corrected chi connectivity index (χ4v) is 1.74. The van der Waals surface area contributed by atoms with Crippen molar-refractivity contribution in [2.45, 2.75) is 37.6 Å². The van der Waals surface area contributed by atoms with Crippen LogP contribution < -0.4 is 5.73 Å². The normalized spacial score (nSPS) is 21.3. The van der Waals surface area contributed by atoms with Gasteiger partial charge in [-0.25, -0.2) is 4.79 Å². The van der Waals surface area contributed by atoms with Crippen molar-refractivity contribution >= 4 is 5.97 Å². The van der Waals surface area contributed by atoms with Crippen LogP contribution in [0.25, 0.3) is 0 Å². The van der Waals surface area contributed by atoms with E-state index in [4.69, 9.17) is 15.6 Å². The number of rotatable bonds is 4. The van der Waals surface area contributed by atoms with E-state index in [2.05, 4.69) is 0 Å². The fourth-order valence-electron chi connectivity index (χ4n) is 1.74. The average molecular weight is 187 g/mol. The van der Waals surface area contributed by atoms with E-state index in [1.807, 2.05) is 0 Å². The highest BCUT2D eigenvalue weighted by Crippen LogP contribution is 2.25. The SMILES string of the molecule is NC1(COCC(=O)O)CCCCC1. The summed E-state index contributed by atoms with van der Waals surface area (Å²) in [7, 11) is 0. The Balaban J connectivity index is 2.21. The van der Waals surface area contributed by atoms with E-state index in [1.54, 1.807) is 0 Å². The van der Waals surface area contributed by atoms with Gasteiger partial charge in [0, 0.05) is 5.54 Å². The molecule has 3 N–H and O–H groups in total. The van der Waals surface area contributed by atoms with Gasteiger partial charge in [0.05, 0.1) is 6.61 Å². The van der Waals surface area contributed by atoms with Crippen molar-refractivity contribution in [3.8, 4) is 0 Å². The minimum atomic E-state index is -0.931. The largest absolute Gasteiger partial charge is 0.480 e. The van der Waals surface area contributed by atoms with Crippen LogP contribution in [0.4, 0.5) is 0 Å². The molecule has 0 aliphatic heterocycles. The lowest BCUT2D eigenvalue weighted by Crippen LogP contribution is -2.46. The molecule has 0 radical (unpaired) electrons. The van der Waals surface area contributed by atoms with Gasteiger partial charge in [0.15, 0.2) is 0 Å². The summed E-state index contributed by atoms with van der Waals surface area (Å²) in [5.41, 5.74) is 5.76. The first-order valence-electron chi connectivity index (χ1n) is 4.71. The molecule has 0 saturated heterocycles. The Morgan fingerprint density at radius 1 is 1.38 bits per heavy atom. The number of hydrogen-bond acceptors (Lipinski definition) is 3. The van der Waals surface area contributed by atoms with Crippen molar-refractivity contribution in [2.75, 3.05) is 13.2 Å². The van der Waals surface area contributed by atoms with Gasteiger partial charge in [-0.05, 0) is 12.8 Å². The predicted molar refractivity (Wildman–Crippen MR) is 48.5 cm³/mol. The Kier molecular flexibility index (Phi) is 3.69. The molecule has 0 heterocycles. The first kappa shape index (κ1) is 10.5. The third kappa shape index (κ3) is 3.74. The highest BCUT2D eigenvalue weighted by molar-refractivity contribution is 5.67. The number of hydrogen-bond donors (Lipinski definition) is 2. The molecule has 0 aromatic rings. The summed E-state index contributed by atoms with van der Waals surface area (Å²) in [5, 5.41) is 8.36. The molecule has 0 aromatic heterocycles. The minimum Gasteiger partial charge on any atom is -0.480 e. The van der Waals surface area contributed by atoms with Crippen molar-refractivity contribution < 1.29 is 14.6 Å². The standard InChI is InChI=1S/C9H17NO3/c10-9(4-2-1-3-5-9)7-13-6-8(11)12/h1-7,10H2,(H,11,12). The molecule has 0 amide bonds. The Labute approximate surface area is 78.1 Å². The zero-order chi connectivity index (χ0) is 9.73. The Hall–Kier alpha value is -0.610. The van der Waals surface area contributed by atoms with Gasteiger partial charge < -0.3 is 15.6 Å². The lowest BCUT2D eigenvalue weighted by Gasteiger charge is -2.32. The van der Waals surface area contributed by atoms with Crippen LogP contribution in [0, 0.1) is 0 Å². The number of aliphatic carboxylic acids is 1. The first-order chi connectivity index (χ1) is 6.12. The summed E-state index contributed by atoms with van der Waals surface area (Å²) in [6, 6.07) is 0. The van der Waals surface area contributed by atoms with Gasteiger partial charge in [0.2, 0.25) is 0 Å². The van der Waals surface area contributed by atoms with Crippen LogP contribution in [0.1, 0.15) is 32.1 Å². The summed E-state index contributed by atoms with van der Waals surface area (Å²) in [6.07, 6.45) is 5.40. The zero-order valence-electron chi connectivity index (χ0n) is 7.79. The van der Waals surface area contributed by atoms with Gasteiger partial charge in [0.1, 0.15) is 6.61 Å². The molecule has 0 atom stereocenters. The van der Waals surface area contributed by atoms with Crippen LogP contribution in [-0.2, 0) is 9.53 Å². The molecular weight excluding hydrogens is 170 g/mol. The summed E-state index contributed by atoms with van der Waals surface area (Å²) in [4.78, 5) is 10.2. The minimum absolute atomic E-state index is 0.237. The monoisotopic (exact) mass is 187 g/mol. The van der Waals surface area contributed by atoms with E-state index in [0.29, 0.717) is 6.61 Å². The van der Waals surface area contributed by atoms with Crippen molar-refractivity contribution in [3.63, 3.8) is 0 Å². The average Bonchev–Trinajstić information content (AvgIpc) is 2.04. The van der Waals surface area contributed by atoms with Gasteiger partial charge in [-0.15, -0.1) is 0 Å². The molecule has 4 nitrogen and oxygen atoms in total. The van der Waals surface area contributed by atoms with E-state index < -0.39 is 5.97 Å². The molecule has 0 unspecified atom stereocenters. The molecule has 1 fully saturated rings. The van der Waals surface area contributed by atoms with Crippen LogP contribution in [0.2, 0.25) is 0 Å². The summed E-state index contributed by atoms with van der Waals surface area (Å²) in [6.45, 7) is 0.137. The lowest BCUT2D eigenvalue weighted by molar-refractivity contribution is -0.142. The van der Waals surface area contributed by atoms with Crippen molar-refractivity contribution in [1.82, 2.24) is 0 Å². The van der Waals surface area contributed by atoms with E-state index in [-0.39, 0.29) is 12.1 Å². The molecule has 76 valence electrons. The quantitative estimate of drug-likeness (QED) is 0.681. The fraction of sp³-hybridized carbons (Fsp3) is 0.889. The summed E-state index contributed by atoms with van der Waals surface area (Å²) in [5.74, 6) is -0.931. The highest BCUT2D eigenvalue weighted by Gasteiger charge is 2.27. The molecule has 1 saturated carbocycles. The van der Waals surface area contributed by atoms with Crippen molar-refractivity contribution in [1.29, 1.82) is 0 Å². The molecule has 1 rings (SSSR count). The lowest BCUT2D eigenvalue weighted by atomic mass is 9.83. The van der Waals surface area contributed by atoms with Crippen molar-refractivity contribution in [3.05, 3.63) is 0 Å². The molecule has 0 spiro atoms. The number of carboxylic acid groups (broad SMARTS) is 1. The third-order valence-corrected chi connectivity index (χ3v) is 2.46. The van der Waals surface area contributed by atoms with Crippen LogP contribution in [0.5, 0.6) is 0 Å². The Bertz CT molecular complexity index is 176. The van der Waals surface area contributed by atoms with E-state index in [1.165, 1.54) is 6.42 Å². The highest BCUT2D eigenvalue weighted by atomic mass is 16.5. The van der Waals surface area contributed by atoms with Gasteiger partial charge in [-0.1, -0.05) is 19.3 Å². The maximum absolute atomic E-state index is 10.2. The first-order valence-corrected chi connectivity index (χ1v) is 4.71. The molecule has 0 bridgehead atoms. The van der Waals surface area contributed by atoms with Gasteiger partial charge in [-0.3, -0.25) is 0 Å². The van der Waals surface area contributed by atoms with E-state index in [0.717, 1.165) is 25.7 Å². The van der Waals surface area contributed by atoms with Crippen LogP contribution in [-0.4, -0.2) is 29.8 Å². The van der Waals surface area contributed by atoms with Gasteiger partial charge in [0.25, 0.3) is 0 Å². The second kappa shape index (κ2) is 4.58. The maximum atomic E-state index is 10.2. The zero-order valence-corrected chi connectivity index (χ0v) is 7.79. The van der Waals surface area contributed by atoms with Gasteiger partial charge in [-0.2, -0.15) is 0 Å². The van der Waals surface area contributed by atoms with Crippen molar-refractivity contribution in [2.24, 2.45) is 5.73 Å². The predicted octanol–water partition coefficient (Wildman–Crippen LogP) is 0.749. The van der Waals surface area contributed by atoms with E-state index in [9.17, 15) is 4.79 Å². The molecular formula is C9H17NO3. The van der Waals surface area contributed by atoms with Gasteiger partial charge >= 0.3 is 5.97 Å². The molecule has 0 aromatic carbocycles. The third-order valence-electron chi connectivity index (χ3n) is 2.46. The summed E-state index contributed by atoms with van der Waals surface area (Å²) >= 11 is 0. The smallest absolute Gasteiger partial charge is 0.329 e. The number of carboxylic acids is 1. The molecule has 4 heteroatoms. The van der Waals surface area contributed by atoms with Crippen LogP contribution in [0.15, 0.2) is 0 Å². The second-order valence-electron chi connectivity index (χ2n) is 3.81. The van der Waals surface area contributed by atoms with E-state index >= 15 is 0 Å². The maximum Gasteiger partial charge on any atom is 0.329 e. The number of ether oxygens (including phenoxy) is 1. The molecule has 1 aliphatic rings. The molecule has 13 heavy (non-hydrogen) atoms. The van der Waals surface area contributed by atoms with Crippen LogP contribution in [0.3, 0.4) is 0 Å².